The molecule has 7 heteroatoms. The fourth-order valence-electron chi connectivity index (χ4n) is 2.78. The number of benzene rings is 1. The van der Waals surface area contributed by atoms with Gasteiger partial charge in [0.05, 0.1) is 16.6 Å². The monoisotopic (exact) mass is 296 g/mol. The van der Waals surface area contributed by atoms with Gasteiger partial charge in [-0.2, -0.15) is 0 Å². The maximum Gasteiger partial charge on any atom is 0.338 e. The predicted molar refractivity (Wildman–Crippen MR) is 75.0 cm³/mol. The summed E-state index contributed by atoms with van der Waals surface area (Å²) in [4.78, 5) is 21.2. The topological polar surface area (TPSA) is 92.5 Å². The lowest BCUT2D eigenvalue weighted by molar-refractivity contribution is -0.384. The highest BCUT2D eigenvalue weighted by Gasteiger charge is 2.24. The normalized spacial score (nSPS) is 21.2. The standard InChI is InChI=1S/C14H17FN2O4/c1-8-2-3-9(4-8)7-16-12-5-10(14(18)19)11(15)6-13(12)17(20)21/h5-6,8-9,16H,2-4,7H2,1H3,(H,18,19). The highest BCUT2D eigenvalue weighted by Crippen LogP contribution is 2.32. The molecule has 1 fully saturated rings. The first kappa shape index (κ1) is 15.2. The van der Waals surface area contributed by atoms with Gasteiger partial charge in [0.2, 0.25) is 0 Å². The lowest BCUT2D eigenvalue weighted by Gasteiger charge is -2.13. The molecule has 1 aliphatic rings. The van der Waals surface area contributed by atoms with Gasteiger partial charge in [0.25, 0.3) is 5.69 Å². The molecule has 114 valence electrons. The number of anilines is 1. The molecule has 2 atom stereocenters. The second-order valence-electron chi connectivity index (χ2n) is 5.58. The highest BCUT2D eigenvalue weighted by molar-refractivity contribution is 5.90. The van der Waals surface area contributed by atoms with E-state index in [-0.39, 0.29) is 5.69 Å². The van der Waals surface area contributed by atoms with Gasteiger partial charge in [0.1, 0.15) is 11.5 Å². The zero-order chi connectivity index (χ0) is 15.6. The number of nitrogens with one attached hydrogen (secondary N) is 1. The maximum absolute atomic E-state index is 13.5. The average Bonchev–Trinajstić information content (AvgIpc) is 2.82. The van der Waals surface area contributed by atoms with Gasteiger partial charge in [-0.3, -0.25) is 10.1 Å². The van der Waals surface area contributed by atoms with Crippen LogP contribution >= 0.6 is 0 Å². The highest BCUT2D eigenvalue weighted by atomic mass is 19.1. The number of nitrogens with zero attached hydrogens (tertiary/aromatic N) is 1. The van der Waals surface area contributed by atoms with Crippen LogP contribution < -0.4 is 5.32 Å². The number of nitro benzene ring substituents is 1. The first-order valence-electron chi connectivity index (χ1n) is 6.83. The number of carbonyl (C=O) groups is 1. The first-order chi connectivity index (χ1) is 9.88. The molecule has 0 amide bonds. The second-order valence-corrected chi connectivity index (χ2v) is 5.58. The van der Waals surface area contributed by atoms with Crippen molar-refractivity contribution in [1.29, 1.82) is 0 Å². The van der Waals surface area contributed by atoms with Gasteiger partial charge in [-0.25, -0.2) is 9.18 Å². The van der Waals surface area contributed by atoms with E-state index in [0.29, 0.717) is 24.4 Å². The Morgan fingerprint density at radius 3 is 2.76 bits per heavy atom. The molecule has 0 aromatic heterocycles. The van der Waals surface area contributed by atoms with Crippen LogP contribution in [0.4, 0.5) is 15.8 Å². The summed E-state index contributed by atoms with van der Waals surface area (Å²) >= 11 is 0. The van der Waals surface area contributed by atoms with Crippen molar-refractivity contribution < 1.29 is 19.2 Å². The average molecular weight is 296 g/mol. The van der Waals surface area contributed by atoms with E-state index >= 15 is 0 Å². The molecule has 6 nitrogen and oxygen atoms in total. The molecule has 1 aromatic rings. The van der Waals surface area contributed by atoms with Gasteiger partial charge in [0.15, 0.2) is 0 Å². The third-order valence-corrected chi connectivity index (χ3v) is 3.90. The van der Waals surface area contributed by atoms with Crippen molar-refractivity contribution in [2.45, 2.75) is 26.2 Å². The number of halogens is 1. The number of hydrogen-bond acceptors (Lipinski definition) is 4. The fraction of sp³-hybridized carbons (Fsp3) is 0.500. The molecule has 0 heterocycles. The number of rotatable bonds is 5. The lowest BCUT2D eigenvalue weighted by Crippen LogP contribution is -2.14. The molecule has 0 saturated heterocycles. The molecule has 21 heavy (non-hydrogen) atoms. The van der Waals surface area contributed by atoms with Gasteiger partial charge in [0, 0.05) is 6.54 Å². The Balaban J connectivity index is 2.21. The van der Waals surface area contributed by atoms with E-state index in [1.807, 2.05) is 0 Å². The molecular weight excluding hydrogens is 279 g/mol. The van der Waals surface area contributed by atoms with Gasteiger partial charge in [-0.1, -0.05) is 13.3 Å². The SMILES string of the molecule is CC1CCC(CNc2cc(C(=O)O)c(F)cc2[N+](=O)[O-])C1. The van der Waals surface area contributed by atoms with Crippen LogP contribution in [0, 0.1) is 27.8 Å². The number of hydrogen-bond donors (Lipinski definition) is 2. The third kappa shape index (κ3) is 3.48. The molecule has 0 spiro atoms. The van der Waals surface area contributed by atoms with Crippen LogP contribution in [0.1, 0.15) is 36.5 Å². The number of carboxylic acids is 1. The van der Waals surface area contributed by atoms with Crippen molar-refractivity contribution in [3.05, 3.63) is 33.6 Å². The summed E-state index contributed by atoms with van der Waals surface area (Å²) in [6, 6.07) is 1.65. The molecule has 2 unspecified atom stereocenters. The molecule has 0 aliphatic heterocycles. The van der Waals surface area contributed by atoms with E-state index in [0.717, 1.165) is 25.3 Å². The van der Waals surface area contributed by atoms with Crippen LogP contribution in [0.2, 0.25) is 0 Å². The Bertz CT molecular complexity index is 576. The lowest BCUT2D eigenvalue weighted by atomic mass is 10.1. The third-order valence-electron chi connectivity index (χ3n) is 3.90. The molecule has 1 aliphatic carbocycles. The summed E-state index contributed by atoms with van der Waals surface area (Å²) < 4.78 is 13.5. The van der Waals surface area contributed by atoms with Crippen LogP contribution in [0.25, 0.3) is 0 Å². The van der Waals surface area contributed by atoms with E-state index in [4.69, 9.17) is 5.11 Å². The second kappa shape index (κ2) is 6.07. The summed E-state index contributed by atoms with van der Waals surface area (Å²) in [6.45, 7) is 2.68. The minimum atomic E-state index is -1.44. The zero-order valence-electron chi connectivity index (χ0n) is 11.6. The summed E-state index contributed by atoms with van der Waals surface area (Å²) in [5, 5.41) is 22.8. The number of aromatic carboxylic acids is 1. The van der Waals surface area contributed by atoms with Crippen molar-refractivity contribution in [3.8, 4) is 0 Å². The molecule has 0 bridgehead atoms. The minimum Gasteiger partial charge on any atom is -0.478 e. The van der Waals surface area contributed by atoms with Crippen molar-refractivity contribution in [1.82, 2.24) is 0 Å². The molecule has 2 N–H and O–H groups in total. The van der Waals surface area contributed by atoms with Gasteiger partial charge < -0.3 is 10.4 Å². The Kier molecular flexibility index (Phi) is 4.40. The fourth-order valence-corrected chi connectivity index (χ4v) is 2.78. The molecule has 0 radical (unpaired) electrons. The van der Waals surface area contributed by atoms with E-state index in [1.165, 1.54) is 0 Å². The predicted octanol–water partition coefficient (Wildman–Crippen LogP) is 3.28. The van der Waals surface area contributed by atoms with Gasteiger partial charge in [-0.15, -0.1) is 0 Å². The van der Waals surface area contributed by atoms with Crippen molar-refractivity contribution in [2.24, 2.45) is 11.8 Å². The largest absolute Gasteiger partial charge is 0.478 e. The van der Waals surface area contributed by atoms with Crippen molar-refractivity contribution in [2.75, 3.05) is 11.9 Å². The van der Waals surface area contributed by atoms with E-state index in [1.54, 1.807) is 0 Å². The Morgan fingerprint density at radius 1 is 1.52 bits per heavy atom. The smallest absolute Gasteiger partial charge is 0.338 e. The molecule has 2 rings (SSSR count). The minimum absolute atomic E-state index is 0.0540. The summed E-state index contributed by atoms with van der Waals surface area (Å²) in [6.07, 6.45) is 3.20. The van der Waals surface area contributed by atoms with E-state index in [9.17, 15) is 19.3 Å². The van der Waals surface area contributed by atoms with Gasteiger partial charge in [-0.05, 0) is 30.7 Å². The van der Waals surface area contributed by atoms with E-state index in [2.05, 4.69) is 12.2 Å². The van der Waals surface area contributed by atoms with Crippen LogP contribution in [-0.2, 0) is 0 Å². The van der Waals surface area contributed by atoms with Crippen LogP contribution in [0.3, 0.4) is 0 Å². The number of nitro groups is 1. The first-order valence-corrected chi connectivity index (χ1v) is 6.83. The quantitative estimate of drug-likeness (QED) is 0.642. The van der Waals surface area contributed by atoms with Crippen LogP contribution in [0.5, 0.6) is 0 Å². The van der Waals surface area contributed by atoms with Crippen molar-refractivity contribution >= 4 is 17.3 Å². The Labute approximate surface area is 121 Å². The zero-order valence-corrected chi connectivity index (χ0v) is 11.6. The van der Waals surface area contributed by atoms with Crippen LogP contribution in [-0.4, -0.2) is 22.5 Å². The van der Waals surface area contributed by atoms with Gasteiger partial charge >= 0.3 is 5.97 Å². The van der Waals surface area contributed by atoms with E-state index < -0.39 is 28.0 Å². The maximum atomic E-state index is 13.5. The van der Waals surface area contributed by atoms with Crippen LogP contribution in [0.15, 0.2) is 12.1 Å². The summed E-state index contributed by atoms with van der Waals surface area (Å²) in [7, 11) is 0. The van der Waals surface area contributed by atoms with Crippen molar-refractivity contribution in [3.63, 3.8) is 0 Å². The summed E-state index contributed by atoms with van der Waals surface area (Å²) in [5.74, 6) is -1.51. The molecule has 1 saturated carbocycles. The number of carboxylic acid groups (broad SMARTS) is 1. The Hall–Kier alpha value is -2.18. The molecular formula is C14H17FN2O4. The molecule has 1 aromatic carbocycles. The summed E-state index contributed by atoms with van der Waals surface area (Å²) in [5.41, 5.74) is -0.954. The Morgan fingerprint density at radius 2 is 2.24 bits per heavy atom.